The number of fused-ring (bicyclic) bond motifs is 1. The number of ketones is 1. The van der Waals surface area contributed by atoms with Gasteiger partial charge < -0.3 is 9.47 Å². The summed E-state index contributed by atoms with van der Waals surface area (Å²) >= 11 is 12.0. The molecular weight excluding hydrogens is 402 g/mol. The minimum Gasteiger partial charge on any atom is -0.489 e. The molecule has 0 saturated heterocycles. The zero-order valence-electron chi connectivity index (χ0n) is 14.4. The summed E-state index contributed by atoms with van der Waals surface area (Å²) in [6.45, 7) is -0.0382. The zero-order chi connectivity index (χ0) is 19.7. The van der Waals surface area contributed by atoms with Crippen molar-refractivity contribution >= 4 is 35.1 Å². The maximum atomic E-state index is 13.9. The third-order valence-corrected chi connectivity index (χ3v) is 4.82. The average Bonchev–Trinajstić information content (AvgIpc) is 2.96. The summed E-state index contributed by atoms with van der Waals surface area (Å²) in [6, 6.07) is 16.4. The van der Waals surface area contributed by atoms with E-state index in [1.807, 2.05) is 6.07 Å². The fourth-order valence-electron chi connectivity index (χ4n) is 2.83. The number of hydrogen-bond acceptors (Lipinski definition) is 3. The fourth-order valence-corrected chi connectivity index (χ4v) is 3.25. The van der Waals surface area contributed by atoms with Gasteiger partial charge in [-0.1, -0.05) is 41.4 Å². The van der Waals surface area contributed by atoms with Crippen molar-refractivity contribution in [3.8, 4) is 11.5 Å². The van der Waals surface area contributed by atoms with Crippen molar-refractivity contribution < 1.29 is 18.7 Å². The molecule has 1 heterocycles. The van der Waals surface area contributed by atoms with Crippen LogP contribution in [0.4, 0.5) is 4.39 Å². The lowest BCUT2D eigenvalue weighted by Crippen LogP contribution is -1.99. The van der Waals surface area contributed by atoms with Gasteiger partial charge in [-0.2, -0.15) is 0 Å². The monoisotopic (exact) mass is 414 g/mol. The minimum absolute atomic E-state index is 0.0382. The van der Waals surface area contributed by atoms with E-state index in [1.165, 1.54) is 12.1 Å². The molecule has 0 spiro atoms. The summed E-state index contributed by atoms with van der Waals surface area (Å²) < 4.78 is 25.2. The Labute approximate surface area is 170 Å². The highest BCUT2D eigenvalue weighted by Crippen LogP contribution is 2.35. The molecule has 0 fully saturated rings. The molecule has 0 amide bonds. The molecule has 0 unspecified atom stereocenters. The van der Waals surface area contributed by atoms with Gasteiger partial charge in [0.2, 0.25) is 5.78 Å². The number of hydrogen-bond donors (Lipinski definition) is 0. The first-order valence-electron chi connectivity index (χ1n) is 8.41. The van der Waals surface area contributed by atoms with Crippen molar-refractivity contribution in [3.63, 3.8) is 0 Å². The maximum Gasteiger partial charge on any atom is 0.231 e. The van der Waals surface area contributed by atoms with Crippen LogP contribution in [0.1, 0.15) is 21.5 Å². The zero-order valence-corrected chi connectivity index (χ0v) is 15.9. The minimum atomic E-state index is -0.438. The van der Waals surface area contributed by atoms with Gasteiger partial charge in [-0.25, -0.2) is 4.39 Å². The lowest BCUT2D eigenvalue weighted by molar-refractivity contribution is 0.101. The molecule has 140 valence electrons. The van der Waals surface area contributed by atoms with E-state index >= 15 is 0 Å². The first kappa shape index (κ1) is 18.5. The van der Waals surface area contributed by atoms with Crippen LogP contribution in [0.3, 0.4) is 0 Å². The number of halogens is 3. The second kappa shape index (κ2) is 7.66. The van der Waals surface area contributed by atoms with Gasteiger partial charge in [-0.15, -0.1) is 0 Å². The van der Waals surface area contributed by atoms with Crippen molar-refractivity contribution in [3.05, 3.63) is 99.0 Å². The SMILES string of the molecule is O=C1/C(=C/c2cccc(Cl)c2)Oc2cc(OCc3c(F)cccc3Cl)ccc21. The Morgan fingerprint density at radius 2 is 1.86 bits per heavy atom. The molecule has 0 aliphatic carbocycles. The standard InChI is InChI=1S/C22H13Cl2FO3/c23-14-4-1-3-13(9-14)10-21-22(26)16-8-7-15(11-20(16)28-21)27-12-17-18(24)5-2-6-19(17)25/h1-11H,12H2/b21-10-. The third kappa shape index (κ3) is 3.75. The molecule has 3 aromatic rings. The van der Waals surface area contributed by atoms with E-state index in [0.29, 0.717) is 27.1 Å². The number of carbonyl (C=O) groups is 1. The van der Waals surface area contributed by atoms with Crippen molar-refractivity contribution in [2.75, 3.05) is 0 Å². The summed E-state index contributed by atoms with van der Waals surface area (Å²) in [5, 5.41) is 0.860. The largest absolute Gasteiger partial charge is 0.489 e. The van der Waals surface area contributed by atoms with Crippen molar-refractivity contribution in [2.45, 2.75) is 6.61 Å². The molecule has 1 aliphatic rings. The summed E-state index contributed by atoms with van der Waals surface area (Å²) in [5.41, 5.74) is 1.46. The molecule has 0 aromatic heterocycles. The molecule has 0 saturated carbocycles. The van der Waals surface area contributed by atoms with Crippen LogP contribution in [0.2, 0.25) is 10.0 Å². The fraction of sp³-hybridized carbons (Fsp3) is 0.0455. The van der Waals surface area contributed by atoms with Crippen molar-refractivity contribution in [2.24, 2.45) is 0 Å². The van der Waals surface area contributed by atoms with Crippen LogP contribution in [0.15, 0.2) is 66.4 Å². The van der Waals surface area contributed by atoms with Gasteiger partial charge in [0, 0.05) is 16.7 Å². The summed E-state index contributed by atoms with van der Waals surface area (Å²) in [4.78, 5) is 12.5. The van der Waals surface area contributed by atoms with Gasteiger partial charge in [0.1, 0.15) is 23.9 Å². The van der Waals surface area contributed by atoms with E-state index in [0.717, 1.165) is 5.56 Å². The lowest BCUT2D eigenvalue weighted by Gasteiger charge is -2.09. The molecule has 0 radical (unpaired) electrons. The molecule has 28 heavy (non-hydrogen) atoms. The Morgan fingerprint density at radius 3 is 2.64 bits per heavy atom. The highest BCUT2D eigenvalue weighted by molar-refractivity contribution is 6.31. The molecule has 3 aromatic carbocycles. The maximum absolute atomic E-state index is 13.9. The Bertz CT molecular complexity index is 1090. The predicted molar refractivity (Wildman–Crippen MR) is 107 cm³/mol. The van der Waals surface area contributed by atoms with Crippen LogP contribution >= 0.6 is 23.2 Å². The first-order chi connectivity index (χ1) is 13.5. The quantitative estimate of drug-likeness (QED) is 0.468. The van der Waals surface area contributed by atoms with Crippen molar-refractivity contribution in [1.82, 2.24) is 0 Å². The normalized spacial score (nSPS) is 14.1. The average molecular weight is 415 g/mol. The van der Waals surface area contributed by atoms with Crippen LogP contribution in [0.5, 0.6) is 11.5 Å². The molecule has 0 N–H and O–H groups in total. The van der Waals surface area contributed by atoms with Crippen LogP contribution in [-0.4, -0.2) is 5.78 Å². The highest BCUT2D eigenvalue weighted by Gasteiger charge is 2.27. The lowest BCUT2D eigenvalue weighted by atomic mass is 10.1. The highest BCUT2D eigenvalue weighted by atomic mass is 35.5. The molecule has 0 bridgehead atoms. The Balaban J connectivity index is 1.54. The molecule has 6 heteroatoms. The van der Waals surface area contributed by atoms with Crippen molar-refractivity contribution in [1.29, 1.82) is 0 Å². The predicted octanol–water partition coefficient (Wildman–Crippen LogP) is 6.33. The Kier molecular flexibility index (Phi) is 5.07. The van der Waals surface area contributed by atoms with Gasteiger partial charge in [0.15, 0.2) is 5.76 Å². The smallest absolute Gasteiger partial charge is 0.231 e. The third-order valence-electron chi connectivity index (χ3n) is 4.23. The van der Waals surface area contributed by atoms with Gasteiger partial charge in [-0.05, 0) is 48.0 Å². The van der Waals surface area contributed by atoms with Gasteiger partial charge in [0.05, 0.1) is 10.6 Å². The second-order valence-corrected chi connectivity index (χ2v) is 6.99. The van der Waals surface area contributed by atoms with E-state index in [-0.39, 0.29) is 23.7 Å². The molecule has 0 atom stereocenters. The number of rotatable bonds is 4. The molecule has 3 nitrogen and oxygen atoms in total. The van der Waals surface area contributed by atoms with Crippen LogP contribution < -0.4 is 9.47 Å². The van der Waals surface area contributed by atoms with E-state index in [9.17, 15) is 9.18 Å². The topological polar surface area (TPSA) is 35.5 Å². The number of ether oxygens (including phenoxy) is 2. The first-order valence-corrected chi connectivity index (χ1v) is 9.16. The van der Waals surface area contributed by atoms with E-state index < -0.39 is 5.82 Å². The van der Waals surface area contributed by atoms with Crippen LogP contribution in [0.25, 0.3) is 6.08 Å². The summed E-state index contributed by atoms with van der Waals surface area (Å²) in [6.07, 6.45) is 1.63. The Morgan fingerprint density at radius 1 is 1.04 bits per heavy atom. The van der Waals surface area contributed by atoms with Gasteiger partial charge in [-0.3, -0.25) is 4.79 Å². The van der Waals surface area contributed by atoms with Crippen LogP contribution in [0, 0.1) is 5.82 Å². The van der Waals surface area contributed by atoms with E-state index in [2.05, 4.69) is 0 Å². The number of allylic oxidation sites excluding steroid dienone is 1. The van der Waals surface area contributed by atoms with E-state index in [1.54, 1.807) is 48.5 Å². The second-order valence-electron chi connectivity index (χ2n) is 6.14. The molecular formula is C22H13Cl2FO3. The summed E-state index contributed by atoms with van der Waals surface area (Å²) in [5.74, 6) is 0.363. The number of Topliss-reactive ketones (excluding diaryl/α,β-unsaturated/α-hetero) is 1. The number of carbonyl (C=O) groups excluding carboxylic acids is 1. The van der Waals surface area contributed by atoms with Gasteiger partial charge >= 0.3 is 0 Å². The Hall–Kier alpha value is -2.82. The molecule has 1 aliphatic heterocycles. The summed E-state index contributed by atoms with van der Waals surface area (Å²) in [7, 11) is 0. The molecule has 4 rings (SSSR count). The van der Waals surface area contributed by atoms with Crippen LogP contribution in [-0.2, 0) is 6.61 Å². The van der Waals surface area contributed by atoms with E-state index in [4.69, 9.17) is 32.7 Å². The number of benzene rings is 3. The van der Waals surface area contributed by atoms with Gasteiger partial charge in [0.25, 0.3) is 0 Å².